The van der Waals surface area contributed by atoms with Crippen molar-refractivity contribution in [2.24, 2.45) is 0 Å². The van der Waals surface area contributed by atoms with E-state index in [2.05, 4.69) is 42.3 Å². The van der Waals surface area contributed by atoms with Crippen molar-refractivity contribution in [2.75, 3.05) is 18.4 Å². The molecule has 1 saturated heterocycles. The number of aromatic nitrogens is 3. The zero-order valence-electron chi connectivity index (χ0n) is 22.1. The van der Waals surface area contributed by atoms with Crippen LogP contribution in [-0.2, 0) is 4.74 Å². The van der Waals surface area contributed by atoms with Gasteiger partial charge in [0.25, 0.3) is 0 Å². The number of benzene rings is 2. The number of amides is 1. The molecule has 0 atom stereocenters. The number of likely N-dealkylation sites (tertiary alicyclic amines) is 1. The van der Waals surface area contributed by atoms with Gasteiger partial charge in [-0.3, -0.25) is 9.55 Å². The molecule has 0 unspecified atom stereocenters. The molecule has 2 aromatic carbocycles. The summed E-state index contributed by atoms with van der Waals surface area (Å²) in [5, 5.41) is 13.1. The van der Waals surface area contributed by atoms with E-state index < -0.39 is 11.6 Å². The Bertz CT molecular complexity index is 1530. The number of carbonyl (C=O) groups excluding carboxylic acids is 1. The van der Waals surface area contributed by atoms with Crippen LogP contribution in [0, 0.1) is 13.8 Å². The molecule has 1 amide bonds. The second-order valence-corrected chi connectivity index (χ2v) is 10.8. The highest BCUT2D eigenvalue weighted by Gasteiger charge is 2.34. The molecule has 2 aromatic heterocycles. The lowest BCUT2D eigenvalue weighted by Gasteiger charge is -2.40. The third kappa shape index (κ3) is 5.18. The second-order valence-electron chi connectivity index (χ2n) is 10.8. The number of aromatic carboxylic acids is 1. The Hall–Kier alpha value is -4.40. The summed E-state index contributed by atoms with van der Waals surface area (Å²) in [6.45, 7) is 10.4. The first-order valence-corrected chi connectivity index (χ1v) is 12.5. The molecule has 0 aliphatic carbocycles. The maximum absolute atomic E-state index is 12.3. The Labute approximate surface area is 221 Å². The summed E-state index contributed by atoms with van der Waals surface area (Å²) in [5.74, 6) is -1.03. The molecule has 5 rings (SSSR count). The van der Waals surface area contributed by atoms with Gasteiger partial charge in [-0.15, -0.1) is 0 Å². The summed E-state index contributed by atoms with van der Waals surface area (Å²) in [7, 11) is 0. The fraction of sp³-hybridized carbons (Fsp3) is 0.310. The molecule has 196 valence electrons. The van der Waals surface area contributed by atoms with E-state index >= 15 is 0 Å². The van der Waals surface area contributed by atoms with Crippen molar-refractivity contribution in [2.45, 2.75) is 46.3 Å². The van der Waals surface area contributed by atoms with Gasteiger partial charge in [-0.25, -0.2) is 14.6 Å². The highest BCUT2D eigenvalue weighted by atomic mass is 16.6. The molecule has 2 N–H and O–H groups in total. The molecular formula is C29H31N5O4. The Morgan fingerprint density at radius 2 is 1.76 bits per heavy atom. The van der Waals surface area contributed by atoms with Gasteiger partial charge in [0.05, 0.1) is 29.2 Å². The van der Waals surface area contributed by atoms with E-state index in [4.69, 9.17) is 9.72 Å². The third-order valence-corrected chi connectivity index (χ3v) is 6.31. The van der Waals surface area contributed by atoms with Crippen LogP contribution < -0.4 is 5.32 Å². The Kier molecular flexibility index (Phi) is 6.30. The van der Waals surface area contributed by atoms with E-state index in [0.29, 0.717) is 24.4 Å². The van der Waals surface area contributed by atoms with Gasteiger partial charge >= 0.3 is 12.1 Å². The molecule has 9 nitrogen and oxygen atoms in total. The number of carbonyl (C=O) groups is 2. The Morgan fingerprint density at radius 1 is 1.05 bits per heavy atom. The zero-order chi connectivity index (χ0) is 27.2. The van der Waals surface area contributed by atoms with Crippen molar-refractivity contribution < 1.29 is 19.4 Å². The molecule has 9 heteroatoms. The van der Waals surface area contributed by atoms with E-state index in [1.165, 1.54) is 0 Å². The summed E-state index contributed by atoms with van der Waals surface area (Å²) in [6, 6.07) is 13.2. The van der Waals surface area contributed by atoms with Crippen LogP contribution in [0.5, 0.6) is 0 Å². The first-order valence-electron chi connectivity index (χ1n) is 12.5. The van der Waals surface area contributed by atoms with Crippen molar-refractivity contribution in [3.8, 4) is 16.9 Å². The standard InChI is InChI=1S/C29H31N5O4/c1-17-10-18(2)12-19(11-17)25-14-30-23-8-9-34(26(23)32-25)21-6-7-22(27(35)36)24(13-21)31-20-15-33(16-20)28(37)38-29(3,4)5/h6-14,20,31H,15-16H2,1-5H3,(H,35,36). The molecular weight excluding hydrogens is 482 g/mol. The molecule has 38 heavy (non-hydrogen) atoms. The highest BCUT2D eigenvalue weighted by Crippen LogP contribution is 2.28. The van der Waals surface area contributed by atoms with Crippen molar-refractivity contribution in [3.63, 3.8) is 0 Å². The van der Waals surface area contributed by atoms with Gasteiger partial charge in [0, 0.05) is 30.5 Å². The SMILES string of the molecule is Cc1cc(C)cc(-c2cnc3ccn(-c4ccc(C(=O)O)c(NC5CN(C(=O)OC(C)(C)C)C5)c4)c3n2)c1. The van der Waals surface area contributed by atoms with Crippen LogP contribution in [0.2, 0.25) is 0 Å². The number of hydrogen-bond acceptors (Lipinski definition) is 6. The third-order valence-electron chi connectivity index (χ3n) is 6.31. The van der Waals surface area contributed by atoms with Crippen LogP contribution in [0.15, 0.2) is 54.9 Å². The topological polar surface area (TPSA) is 110 Å². The molecule has 0 radical (unpaired) electrons. The van der Waals surface area contributed by atoms with Gasteiger partial charge in [-0.05, 0) is 71.0 Å². The van der Waals surface area contributed by atoms with E-state index in [-0.39, 0.29) is 17.7 Å². The second kappa shape index (κ2) is 9.48. The fourth-order valence-corrected chi connectivity index (χ4v) is 4.62. The minimum absolute atomic E-state index is 0.0896. The fourth-order valence-electron chi connectivity index (χ4n) is 4.62. The number of aryl methyl sites for hydroxylation is 2. The number of rotatable bonds is 5. The molecule has 0 spiro atoms. The monoisotopic (exact) mass is 513 g/mol. The minimum Gasteiger partial charge on any atom is -0.478 e. The average molecular weight is 514 g/mol. The zero-order valence-corrected chi connectivity index (χ0v) is 22.1. The summed E-state index contributed by atoms with van der Waals surface area (Å²) in [4.78, 5) is 35.3. The van der Waals surface area contributed by atoms with Gasteiger partial charge in [-0.1, -0.05) is 17.2 Å². The van der Waals surface area contributed by atoms with Gasteiger partial charge in [0.15, 0.2) is 5.65 Å². The quantitative estimate of drug-likeness (QED) is 0.366. The minimum atomic E-state index is -1.03. The predicted octanol–water partition coefficient (Wildman–Crippen LogP) is 5.43. The van der Waals surface area contributed by atoms with E-state index in [1.54, 1.807) is 29.3 Å². The average Bonchev–Trinajstić information content (AvgIpc) is 3.22. The highest BCUT2D eigenvalue weighted by molar-refractivity contribution is 5.95. The van der Waals surface area contributed by atoms with Crippen LogP contribution >= 0.6 is 0 Å². The van der Waals surface area contributed by atoms with Crippen LogP contribution in [-0.4, -0.2) is 61.3 Å². The maximum atomic E-state index is 12.3. The smallest absolute Gasteiger partial charge is 0.410 e. The van der Waals surface area contributed by atoms with E-state index in [0.717, 1.165) is 33.6 Å². The number of fused-ring (bicyclic) bond motifs is 1. The van der Waals surface area contributed by atoms with Crippen LogP contribution in [0.1, 0.15) is 42.3 Å². The normalized spacial score (nSPS) is 13.9. The van der Waals surface area contributed by atoms with Crippen LogP contribution in [0.4, 0.5) is 10.5 Å². The lowest BCUT2D eigenvalue weighted by atomic mass is 10.1. The van der Waals surface area contributed by atoms with Gasteiger partial charge in [-0.2, -0.15) is 0 Å². The summed E-state index contributed by atoms with van der Waals surface area (Å²) in [5.41, 5.74) is 6.29. The molecule has 4 aromatic rings. The van der Waals surface area contributed by atoms with Gasteiger partial charge < -0.3 is 20.1 Å². The first-order chi connectivity index (χ1) is 18.0. The molecule has 3 heterocycles. The van der Waals surface area contributed by atoms with Crippen molar-refractivity contribution in [1.82, 2.24) is 19.4 Å². The van der Waals surface area contributed by atoms with Gasteiger partial charge in [0.1, 0.15) is 11.1 Å². The summed E-state index contributed by atoms with van der Waals surface area (Å²) in [6.07, 6.45) is 3.28. The number of carboxylic acid groups (broad SMARTS) is 1. The van der Waals surface area contributed by atoms with Crippen molar-refractivity contribution in [3.05, 3.63) is 71.5 Å². The lowest BCUT2D eigenvalue weighted by molar-refractivity contribution is 0.0104. The number of nitrogens with one attached hydrogen (secondary N) is 1. The molecule has 1 fully saturated rings. The summed E-state index contributed by atoms with van der Waals surface area (Å²) >= 11 is 0. The van der Waals surface area contributed by atoms with E-state index in [9.17, 15) is 14.7 Å². The number of ether oxygens (including phenoxy) is 1. The molecule has 1 aliphatic heterocycles. The largest absolute Gasteiger partial charge is 0.478 e. The number of nitrogens with zero attached hydrogens (tertiary/aromatic N) is 4. The maximum Gasteiger partial charge on any atom is 0.410 e. The van der Waals surface area contributed by atoms with Gasteiger partial charge in [0.2, 0.25) is 0 Å². The molecule has 1 aliphatic rings. The first kappa shape index (κ1) is 25.3. The number of hydrogen-bond donors (Lipinski definition) is 2. The van der Waals surface area contributed by atoms with E-state index in [1.807, 2.05) is 37.6 Å². The van der Waals surface area contributed by atoms with Crippen LogP contribution in [0.25, 0.3) is 28.1 Å². The summed E-state index contributed by atoms with van der Waals surface area (Å²) < 4.78 is 7.32. The van der Waals surface area contributed by atoms with Crippen molar-refractivity contribution in [1.29, 1.82) is 0 Å². The predicted molar refractivity (Wildman–Crippen MR) is 146 cm³/mol. The Balaban J connectivity index is 1.43. The molecule has 0 bridgehead atoms. The molecule has 0 saturated carbocycles. The Morgan fingerprint density at radius 3 is 2.42 bits per heavy atom. The number of anilines is 1. The number of carboxylic acids is 1. The lowest BCUT2D eigenvalue weighted by Crippen LogP contribution is -2.58. The van der Waals surface area contributed by atoms with Crippen molar-refractivity contribution >= 4 is 28.9 Å². The van der Waals surface area contributed by atoms with Crippen LogP contribution in [0.3, 0.4) is 0 Å².